The Bertz CT molecular complexity index is 758. The maximum Gasteiger partial charge on any atom is 0.317 e. The third kappa shape index (κ3) is 2.94. The smallest absolute Gasteiger partial charge is 0.317 e. The highest BCUT2D eigenvalue weighted by Crippen LogP contribution is 2.27. The van der Waals surface area contributed by atoms with Gasteiger partial charge in [-0.05, 0) is 36.6 Å². The van der Waals surface area contributed by atoms with Crippen LogP contribution in [0.4, 0.5) is 4.79 Å². The van der Waals surface area contributed by atoms with Crippen molar-refractivity contribution in [3.63, 3.8) is 0 Å². The van der Waals surface area contributed by atoms with Crippen molar-refractivity contribution in [1.82, 2.24) is 20.1 Å². The summed E-state index contributed by atoms with van der Waals surface area (Å²) in [7, 11) is 0. The average molecular weight is 345 g/mol. The first-order valence-electron chi connectivity index (χ1n) is 8.51. The lowest BCUT2D eigenvalue weighted by Gasteiger charge is -2.36. The molecule has 2 aliphatic heterocycles. The van der Waals surface area contributed by atoms with Crippen LogP contribution in [0.5, 0.6) is 0 Å². The number of nitrogens with one attached hydrogen (secondary N) is 1. The second-order valence-corrected chi connectivity index (χ2v) is 6.95. The van der Waals surface area contributed by atoms with Crippen LogP contribution in [0.2, 0.25) is 5.02 Å². The van der Waals surface area contributed by atoms with Gasteiger partial charge in [-0.25, -0.2) is 4.79 Å². The van der Waals surface area contributed by atoms with Crippen molar-refractivity contribution in [2.45, 2.75) is 25.4 Å². The zero-order valence-electron chi connectivity index (χ0n) is 13.5. The molecular weight excluding hydrogens is 324 g/mol. The number of nitrogens with zero attached hydrogens (tertiary/aromatic N) is 3. The van der Waals surface area contributed by atoms with E-state index in [1.165, 1.54) is 5.56 Å². The Balaban J connectivity index is 1.44. The molecule has 0 aliphatic carbocycles. The maximum absolute atomic E-state index is 11.8. The monoisotopic (exact) mass is 344 g/mol. The van der Waals surface area contributed by atoms with Gasteiger partial charge in [0.15, 0.2) is 0 Å². The summed E-state index contributed by atoms with van der Waals surface area (Å²) in [5, 5.41) is 4.66. The minimum atomic E-state index is 0.0985. The summed E-state index contributed by atoms with van der Waals surface area (Å²) in [6.07, 6.45) is 3.89. The summed E-state index contributed by atoms with van der Waals surface area (Å²) < 4.78 is 0. The predicted octanol–water partition coefficient (Wildman–Crippen LogP) is 2.88. The first-order valence-corrected chi connectivity index (χ1v) is 8.89. The molecule has 1 N–H and O–H groups in total. The van der Waals surface area contributed by atoms with E-state index in [0.29, 0.717) is 6.04 Å². The first-order chi connectivity index (χ1) is 11.7. The van der Waals surface area contributed by atoms with Crippen molar-refractivity contribution in [3.8, 4) is 0 Å². The van der Waals surface area contributed by atoms with Crippen molar-refractivity contribution < 1.29 is 4.79 Å². The zero-order chi connectivity index (χ0) is 16.5. The molecule has 2 fully saturated rings. The SMILES string of the molecule is O=C1NCCN1C1CCN(Cc2ccc(Cl)c3cccnc23)CC1. The van der Waals surface area contributed by atoms with Crippen LogP contribution in [0.1, 0.15) is 18.4 Å². The molecule has 1 aromatic heterocycles. The number of hydrogen-bond donors (Lipinski definition) is 1. The molecule has 1 aromatic carbocycles. The number of amides is 2. The number of urea groups is 1. The number of carbonyl (C=O) groups is 1. The molecule has 2 aliphatic rings. The molecule has 2 aromatic rings. The molecular formula is C18H21ClN4O. The van der Waals surface area contributed by atoms with Crippen molar-refractivity contribution in [1.29, 1.82) is 0 Å². The lowest BCUT2D eigenvalue weighted by molar-refractivity contribution is 0.132. The van der Waals surface area contributed by atoms with E-state index in [9.17, 15) is 4.79 Å². The Morgan fingerprint density at radius 1 is 1.21 bits per heavy atom. The molecule has 3 heterocycles. The second kappa shape index (κ2) is 6.57. The fourth-order valence-corrected chi connectivity index (χ4v) is 4.00. The van der Waals surface area contributed by atoms with Crippen LogP contribution in [0.3, 0.4) is 0 Å². The summed E-state index contributed by atoms with van der Waals surface area (Å²) in [6, 6.07) is 8.46. The molecule has 0 saturated carbocycles. The molecule has 24 heavy (non-hydrogen) atoms. The Morgan fingerprint density at radius 2 is 2.04 bits per heavy atom. The van der Waals surface area contributed by atoms with Gasteiger partial charge in [0, 0.05) is 55.4 Å². The van der Waals surface area contributed by atoms with Gasteiger partial charge in [-0.15, -0.1) is 0 Å². The maximum atomic E-state index is 11.8. The average Bonchev–Trinajstić information content (AvgIpc) is 3.04. The zero-order valence-corrected chi connectivity index (χ0v) is 14.3. The summed E-state index contributed by atoms with van der Waals surface area (Å²) >= 11 is 6.28. The number of aromatic nitrogens is 1. The lowest BCUT2D eigenvalue weighted by atomic mass is 10.0. The molecule has 2 saturated heterocycles. The normalized spacial score (nSPS) is 19.9. The molecule has 6 heteroatoms. The van der Waals surface area contributed by atoms with Gasteiger partial charge in [-0.1, -0.05) is 17.7 Å². The fourth-order valence-electron chi connectivity index (χ4n) is 3.79. The third-order valence-corrected chi connectivity index (χ3v) is 5.41. The van der Waals surface area contributed by atoms with E-state index >= 15 is 0 Å². The molecule has 0 bridgehead atoms. The fraction of sp³-hybridized carbons (Fsp3) is 0.444. The van der Waals surface area contributed by atoms with Gasteiger partial charge >= 0.3 is 6.03 Å². The number of rotatable bonds is 3. The summed E-state index contributed by atoms with van der Waals surface area (Å²) in [4.78, 5) is 20.8. The molecule has 0 atom stereocenters. The van der Waals surface area contributed by atoms with E-state index in [0.717, 1.165) is 61.5 Å². The molecule has 0 radical (unpaired) electrons. The van der Waals surface area contributed by atoms with Crippen LogP contribution in [-0.4, -0.2) is 53.0 Å². The second-order valence-electron chi connectivity index (χ2n) is 6.54. The van der Waals surface area contributed by atoms with Gasteiger partial charge in [0.1, 0.15) is 0 Å². The number of hydrogen-bond acceptors (Lipinski definition) is 3. The topological polar surface area (TPSA) is 48.5 Å². The number of carbonyl (C=O) groups excluding carboxylic acids is 1. The van der Waals surface area contributed by atoms with E-state index < -0.39 is 0 Å². The minimum absolute atomic E-state index is 0.0985. The van der Waals surface area contributed by atoms with Crippen LogP contribution in [0.15, 0.2) is 30.5 Å². The van der Waals surface area contributed by atoms with Crippen LogP contribution in [-0.2, 0) is 6.54 Å². The van der Waals surface area contributed by atoms with Gasteiger partial charge in [-0.2, -0.15) is 0 Å². The van der Waals surface area contributed by atoms with E-state index in [1.54, 1.807) is 0 Å². The molecule has 4 rings (SSSR count). The number of pyridine rings is 1. The number of fused-ring (bicyclic) bond motifs is 1. The molecule has 0 unspecified atom stereocenters. The number of likely N-dealkylation sites (tertiary alicyclic amines) is 1. The highest BCUT2D eigenvalue weighted by molar-refractivity contribution is 6.35. The number of halogens is 1. The summed E-state index contributed by atoms with van der Waals surface area (Å²) in [5.41, 5.74) is 2.21. The van der Waals surface area contributed by atoms with E-state index in [4.69, 9.17) is 11.6 Å². The van der Waals surface area contributed by atoms with E-state index in [-0.39, 0.29) is 6.03 Å². The van der Waals surface area contributed by atoms with Gasteiger partial charge in [0.05, 0.1) is 5.52 Å². The van der Waals surface area contributed by atoms with Gasteiger partial charge in [0.2, 0.25) is 0 Å². The first kappa shape index (κ1) is 15.7. The highest BCUT2D eigenvalue weighted by atomic mass is 35.5. The van der Waals surface area contributed by atoms with Crippen LogP contribution in [0, 0.1) is 0 Å². The Labute approximate surface area is 146 Å². The van der Waals surface area contributed by atoms with Gasteiger partial charge in [0.25, 0.3) is 0 Å². The minimum Gasteiger partial charge on any atom is -0.336 e. The molecule has 126 valence electrons. The van der Waals surface area contributed by atoms with Crippen molar-refractivity contribution in [2.24, 2.45) is 0 Å². The molecule has 2 amide bonds. The molecule has 0 spiro atoms. The van der Waals surface area contributed by atoms with Crippen molar-refractivity contribution >= 4 is 28.5 Å². The Morgan fingerprint density at radius 3 is 2.79 bits per heavy atom. The summed E-state index contributed by atoms with van der Waals surface area (Å²) in [5.74, 6) is 0. The third-order valence-electron chi connectivity index (χ3n) is 5.08. The number of piperidine rings is 1. The summed E-state index contributed by atoms with van der Waals surface area (Å²) in [6.45, 7) is 4.51. The van der Waals surface area contributed by atoms with E-state index in [2.05, 4.69) is 21.3 Å². The number of benzene rings is 1. The van der Waals surface area contributed by atoms with Gasteiger partial charge in [-0.3, -0.25) is 9.88 Å². The van der Waals surface area contributed by atoms with Crippen LogP contribution < -0.4 is 5.32 Å². The van der Waals surface area contributed by atoms with Crippen molar-refractivity contribution in [2.75, 3.05) is 26.2 Å². The largest absolute Gasteiger partial charge is 0.336 e. The van der Waals surface area contributed by atoms with Gasteiger partial charge < -0.3 is 10.2 Å². The van der Waals surface area contributed by atoms with Crippen LogP contribution in [0.25, 0.3) is 10.9 Å². The lowest BCUT2D eigenvalue weighted by Crippen LogP contribution is -2.45. The quantitative estimate of drug-likeness (QED) is 0.931. The van der Waals surface area contributed by atoms with Crippen LogP contribution >= 0.6 is 11.6 Å². The van der Waals surface area contributed by atoms with E-state index in [1.807, 2.05) is 29.3 Å². The molecule has 5 nitrogen and oxygen atoms in total. The van der Waals surface area contributed by atoms with Crippen molar-refractivity contribution in [3.05, 3.63) is 41.0 Å². The highest BCUT2D eigenvalue weighted by Gasteiger charge is 2.30. The predicted molar refractivity (Wildman–Crippen MR) is 95.2 cm³/mol. The Kier molecular flexibility index (Phi) is 4.29. The Hall–Kier alpha value is -1.85. The standard InChI is InChI=1S/C18H21ClN4O/c19-16-4-3-13(17-15(16)2-1-7-20-17)12-22-9-5-14(6-10-22)23-11-8-21-18(23)24/h1-4,7,14H,5-6,8-12H2,(H,21,24).